The van der Waals surface area contributed by atoms with Gasteiger partial charge in [-0.25, -0.2) is 0 Å². The van der Waals surface area contributed by atoms with Gasteiger partial charge in [0, 0.05) is 24.9 Å². The van der Waals surface area contributed by atoms with Gasteiger partial charge in [-0.05, 0) is 84.9 Å². The molecule has 0 bridgehead atoms. The average molecular weight is 487 g/mol. The third-order valence-electron chi connectivity index (χ3n) is 12.6. The molecule has 5 aliphatic rings. The first-order valence-corrected chi connectivity index (χ1v) is 14.4. The summed E-state index contributed by atoms with van der Waals surface area (Å²) in [5.41, 5.74) is 2.12. The standard InChI is InChI=1S/C31H50O4/c1-18(2)26(33)23-17-19(27(34-8)35-23)20-11-15-31(7)22-9-10-24-28(3,4)25(32)13-14-29(24,5)21(22)12-16-30(20,31)6/h9,18-21,23-24,26-27,33H,10-17H2,1-8H3. The molecule has 10 atom stereocenters. The van der Waals surface area contributed by atoms with Crippen LogP contribution in [0.15, 0.2) is 11.6 Å². The second-order valence-corrected chi connectivity index (χ2v) is 14.5. The van der Waals surface area contributed by atoms with Crippen molar-refractivity contribution in [3.05, 3.63) is 11.6 Å². The van der Waals surface area contributed by atoms with Crippen LogP contribution in [0.25, 0.3) is 0 Å². The zero-order chi connectivity index (χ0) is 25.6. The number of methoxy groups -OCH3 is 1. The second kappa shape index (κ2) is 8.40. The van der Waals surface area contributed by atoms with E-state index in [1.807, 2.05) is 0 Å². The van der Waals surface area contributed by atoms with Crippen molar-refractivity contribution in [2.24, 2.45) is 51.2 Å². The first-order valence-electron chi connectivity index (χ1n) is 14.4. The quantitative estimate of drug-likeness (QED) is 0.458. The molecule has 198 valence electrons. The van der Waals surface area contributed by atoms with Crippen LogP contribution in [0.2, 0.25) is 0 Å². The second-order valence-electron chi connectivity index (χ2n) is 14.5. The summed E-state index contributed by atoms with van der Waals surface area (Å²) in [5, 5.41) is 10.8. The molecule has 4 fully saturated rings. The number of Topliss-reactive ketones (excluding diaryl/α,β-unsaturated/α-hetero) is 1. The number of hydrogen-bond donors (Lipinski definition) is 1. The van der Waals surface area contributed by atoms with Crippen LogP contribution >= 0.6 is 0 Å². The van der Waals surface area contributed by atoms with Gasteiger partial charge in [-0.2, -0.15) is 0 Å². The van der Waals surface area contributed by atoms with E-state index in [0.29, 0.717) is 29.5 Å². The summed E-state index contributed by atoms with van der Waals surface area (Å²) in [5.74, 6) is 2.58. The molecule has 35 heavy (non-hydrogen) atoms. The van der Waals surface area contributed by atoms with Crippen LogP contribution < -0.4 is 0 Å². The van der Waals surface area contributed by atoms with Gasteiger partial charge in [0.2, 0.25) is 0 Å². The molecule has 0 spiro atoms. The predicted octanol–water partition coefficient (Wildman–Crippen LogP) is 6.56. The van der Waals surface area contributed by atoms with E-state index in [-0.39, 0.29) is 40.0 Å². The van der Waals surface area contributed by atoms with Crippen molar-refractivity contribution in [2.75, 3.05) is 7.11 Å². The van der Waals surface area contributed by atoms with Crippen molar-refractivity contribution < 1.29 is 19.4 Å². The van der Waals surface area contributed by atoms with Gasteiger partial charge in [0.1, 0.15) is 5.78 Å². The highest BCUT2D eigenvalue weighted by molar-refractivity contribution is 5.85. The van der Waals surface area contributed by atoms with Crippen LogP contribution in [0.3, 0.4) is 0 Å². The predicted molar refractivity (Wildman–Crippen MR) is 139 cm³/mol. The number of hydrogen-bond acceptors (Lipinski definition) is 4. The van der Waals surface area contributed by atoms with E-state index in [9.17, 15) is 9.90 Å². The average Bonchev–Trinajstić information content (AvgIpc) is 3.34. The minimum atomic E-state index is -0.440. The fourth-order valence-electron chi connectivity index (χ4n) is 10.2. The van der Waals surface area contributed by atoms with E-state index >= 15 is 0 Å². The van der Waals surface area contributed by atoms with Crippen molar-refractivity contribution in [3.63, 3.8) is 0 Å². The summed E-state index contributed by atoms with van der Waals surface area (Å²) in [4.78, 5) is 12.9. The first-order chi connectivity index (χ1) is 16.3. The Kier molecular flexibility index (Phi) is 6.22. The summed E-state index contributed by atoms with van der Waals surface area (Å²) in [6.07, 6.45) is 10.4. The Morgan fingerprint density at radius 2 is 1.80 bits per heavy atom. The number of ketones is 1. The molecule has 4 heteroatoms. The van der Waals surface area contributed by atoms with Gasteiger partial charge in [0.25, 0.3) is 0 Å². The smallest absolute Gasteiger partial charge is 0.160 e. The van der Waals surface area contributed by atoms with Crippen molar-refractivity contribution in [1.82, 2.24) is 0 Å². The van der Waals surface area contributed by atoms with Gasteiger partial charge < -0.3 is 14.6 Å². The van der Waals surface area contributed by atoms with Gasteiger partial charge in [-0.1, -0.05) is 60.1 Å². The van der Waals surface area contributed by atoms with Crippen LogP contribution in [0.4, 0.5) is 0 Å². The molecule has 0 aromatic heterocycles. The summed E-state index contributed by atoms with van der Waals surface area (Å²) in [7, 11) is 1.77. The first kappa shape index (κ1) is 25.9. The number of carbonyl (C=O) groups is 1. The molecule has 1 N–H and O–H groups in total. The molecule has 4 aliphatic carbocycles. The van der Waals surface area contributed by atoms with E-state index in [1.54, 1.807) is 12.7 Å². The molecule has 4 nitrogen and oxygen atoms in total. The van der Waals surface area contributed by atoms with Crippen molar-refractivity contribution in [1.29, 1.82) is 0 Å². The van der Waals surface area contributed by atoms with Crippen LogP contribution in [0, 0.1) is 51.2 Å². The van der Waals surface area contributed by atoms with Crippen LogP contribution in [0.5, 0.6) is 0 Å². The van der Waals surface area contributed by atoms with Gasteiger partial charge in [0.05, 0.1) is 12.2 Å². The molecule has 1 saturated heterocycles. The van der Waals surface area contributed by atoms with Gasteiger partial charge in [0.15, 0.2) is 6.29 Å². The Bertz CT molecular complexity index is 890. The third kappa shape index (κ3) is 3.44. The number of rotatable bonds is 4. The highest BCUT2D eigenvalue weighted by Crippen LogP contribution is 2.73. The lowest BCUT2D eigenvalue weighted by Crippen LogP contribution is -2.57. The summed E-state index contributed by atoms with van der Waals surface area (Å²) in [6, 6.07) is 0. The van der Waals surface area contributed by atoms with Crippen LogP contribution in [-0.2, 0) is 14.3 Å². The minimum Gasteiger partial charge on any atom is -0.390 e. The molecule has 5 rings (SSSR count). The molecule has 1 heterocycles. The number of fused-ring (bicyclic) bond motifs is 5. The molecular formula is C31H50O4. The normalized spacial score (nSPS) is 49.9. The monoisotopic (exact) mass is 486 g/mol. The van der Waals surface area contributed by atoms with Crippen molar-refractivity contribution in [3.8, 4) is 0 Å². The van der Waals surface area contributed by atoms with Crippen LogP contribution in [-0.4, -0.2) is 36.5 Å². The van der Waals surface area contributed by atoms with E-state index in [0.717, 1.165) is 25.7 Å². The molecule has 0 radical (unpaired) electrons. The summed E-state index contributed by atoms with van der Waals surface area (Å²) < 4.78 is 12.2. The number of aliphatic hydroxyl groups is 1. The van der Waals surface area contributed by atoms with Crippen molar-refractivity contribution >= 4 is 5.78 Å². The fourth-order valence-corrected chi connectivity index (χ4v) is 10.2. The largest absolute Gasteiger partial charge is 0.390 e. The number of carbonyl (C=O) groups excluding carboxylic acids is 1. The highest BCUT2D eigenvalue weighted by atomic mass is 16.7. The molecule has 10 unspecified atom stereocenters. The zero-order valence-electron chi connectivity index (χ0n) is 23.5. The maximum absolute atomic E-state index is 12.9. The SMILES string of the molecule is COC1OC(C(O)C(C)C)CC1C1CCC2(C)C3=CCC4C(C)(C)C(=O)CCC4(C)C3CCC12C. The number of aliphatic hydroxyl groups excluding tert-OH is 1. The molecule has 0 amide bonds. The van der Waals surface area contributed by atoms with Gasteiger partial charge in [-0.15, -0.1) is 0 Å². The highest BCUT2D eigenvalue weighted by Gasteiger charge is 2.66. The minimum absolute atomic E-state index is 0.132. The van der Waals surface area contributed by atoms with Crippen molar-refractivity contribution in [2.45, 2.75) is 118 Å². The maximum atomic E-state index is 12.9. The lowest BCUT2D eigenvalue weighted by atomic mass is 9.41. The topological polar surface area (TPSA) is 55.8 Å². The number of allylic oxidation sites excluding steroid dienone is 2. The molecule has 0 aromatic carbocycles. The Labute approximate surface area is 213 Å². The van der Waals surface area contributed by atoms with E-state index in [4.69, 9.17) is 9.47 Å². The maximum Gasteiger partial charge on any atom is 0.160 e. The molecule has 0 aromatic rings. The Morgan fingerprint density at radius 3 is 2.46 bits per heavy atom. The summed E-state index contributed by atoms with van der Waals surface area (Å²) >= 11 is 0. The Morgan fingerprint density at radius 1 is 1.09 bits per heavy atom. The molecule has 3 saturated carbocycles. The third-order valence-corrected chi connectivity index (χ3v) is 12.6. The number of ether oxygens (including phenoxy) is 2. The van der Waals surface area contributed by atoms with E-state index in [2.05, 4.69) is 54.5 Å². The lowest BCUT2D eigenvalue weighted by Gasteiger charge is -2.63. The van der Waals surface area contributed by atoms with Gasteiger partial charge >= 0.3 is 0 Å². The van der Waals surface area contributed by atoms with E-state index in [1.165, 1.54) is 25.7 Å². The zero-order valence-corrected chi connectivity index (χ0v) is 23.5. The lowest BCUT2D eigenvalue weighted by molar-refractivity contribution is -0.168. The fraction of sp³-hybridized carbons (Fsp3) is 0.903. The van der Waals surface area contributed by atoms with E-state index < -0.39 is 6.10 Å². The van der Waals surface area contributed by atoms with Gasteiger partial charge in [-0.3, -0.25) is 4.79 Å². The Hall–Kier alpha value is -0.710. The molecular weight excluding hydrogens is 436 g/mol. The summed E-state index contributed by atoms with van der Waals surface area (Å²) in [6.45, 7) is 16.2. The Balaban J connectivity index is 1.46. The van der Waals surface area contributed by atoms with Crippen LogP contribution in [0.1, 0.15) is 99.8 Å². The molecule has 1 aliphatic heterocycles.